The van der Waals surface area contributed by atoms with Crippen molar-refractivity contribution in [1.29, 1.82) is 5.26 Å². The summed E-state index contributed by atoms with van der Waals surface area (Å²) in [4.78, 5) is 37.8. The van der Waals surface area contributed by atoms with Gasteiger partial charge in [-0.25, -0.2) is 0 Å². The van der Waals surface area contributed by atoms with Crippen molar-refractivity contribution in [3.05, 3.63) is 29.8 Å². The average molecular weight is 326 g/mol. The summed E-state index contributed by atoms with van der Waals surface area (Å²) in [5, 5.41) is 8.73. The first kappa shape index (κ1) is 16.2. The molecule has 1 saturated carbocycles. The number of nitrogens with zero attached hydrogens (tertiary/aromatic N) is 2. The first-order chi connectivity index (χ1) is 11.6. The molecule has 3 rings (SSSR count). The van der Waals surface area contributed by atoms with Crippen LogP contribution in [0.5, 0.6) is 5.75 Å². The summed E-state index contributed by atoms with van der Waals surface area (Å²) in [6.45, 7) is 0.0692. The molecular formula is C18H18N2O4. The maximum absolute atomic E-state index is 12.3. The zero-order valence-electron chi connectivity index (χ0n) is 13.2. The van der Waals surface area contributed by atoms with Gasteiger partial charge in [0.1, 0.15) is 5.75 Å². The minimum absolute atomic E-state index is 0.0308. The summed E-state index contributed by atoms with van der Waals surface area (Å²) in [6, 6.07) is 8.17. The van der Waals surface area contributed by atoms with Gasteiger partial charge in [-0.05, 0) is 37.1 Å². The van der Waals surface area contributed by atoms with E-state index < -0.39 is 5.97 Å². The quantitative estimate of drug-likeness (QED) is 0.480. The van der Waals surface area contributed by atoms with Crippen LogP contribution in [0.1, 0.15) is 37.7 Å². The van der Waals surface area contributed by atoms with Gasteiger partial charge in [-0.3, -0.25) is 19.3 Å². The molecule has 2 fully saturated rings. The van der Waals surface area contributed by atoms with Crippen molar-refractivity contribution in [3.63, 3.8) is 0 Å². The predicted octanol–water partition coefficient (Wildman–Crippen LogP) is 2.03. The molecule has 6 heteroatoms. The third-order valence-corrected chi connectivity index (χ3v) is 4.69. The lowest BCUT2D eigenvalue weighted by molar-refractivity contribution is -0.141. The summed E-state index contributed by atoms with van der Waals surface area (Å²) in [5.74, 6) is -0.838. The minimum Gasteiger partial charge on any atom is -0.426 e. The summed E-state index contributed by atoms with van der Waals surface area (Å²) >= 11 is 0. The van der Waals surface area contributed by atoms with Crippen LogP contribution in [0.3, 0.4) is 0 Å². The predicted molar refractivity (Wildman–Crippen MR) is 83.6 cm³/mol. The Labute approximate surface area is 140 Å². The van der Waals surface area contributed by atoms with E-state index in [0.717, 1.165) is 25.7 Å². The van der Waals surface area contributed by atoms with E-state index in [1.165, 1.54) is 17.0 Å². The van der Waals surface area contributed by atoms with Crippen LogP contribution in [0, 0.1) is 23.2 Å². The molecule has 6 nitrogen and oxygen atoms in total. The van der Waals surface area contributed by atoms with Gasteiger partial charge < -0.3 is 4.74 Å². The van der Waals surface area contributed by atoms with Crippen molar-refractivity contribution in [3.8, 4) is 11.8 Å². The first-order valence-electron chi connectivity index (χ1n) is 8.16. The number of hydrogen-bond acceptors (Lipinski definition) is 5. The Bertz CT molecular complexity index is 681. The molecule has 24 heavy (non-hydrogen) atoms. The van der Waals surface area contributed by atoms with E-state index >= 15 is 0 Å². The number of fused-ring (bicyclic) bond motifs is 1. The van der Waals surface area contributed by atoms with Crippen molar-refractivity contribution in [1.82, 2.24) is 4.90 Å². The van der Waals surface area contributed by atoms with Gasteiger partial charge in [0.15, 0.2) is 0 Å². The molecule has 1 aromatic carbocycles. The van der Waals surface area contributed by atoms with Crippen LogP contribution in [0.15, 0.2) is 24.3 Å². The van der Waals surface area contributed by atoms with Crippen LogP contribution >= 0.6 is 0 Å². The largest absolute Gasteiger partial charge is 0.426 e. The molecule has 1 heterocycles. The number of benzene rings is 1. The van der Waals surface area contributed by atoms with Crippen LogP contribution in [0.25, 0.3) is 0 Å². The van der Waals surface area contributed by atoms with E-state index in [9.17, 15) is 14.4 Å². The molecule has 1 saturated heterocycles. The molecule has 0 bridgehead atoms. The fourth-order valence-corrected chi connectivity index (χ4v) is 3.43. The number of carbonyl (C=O) groups excluding carboxylic acids is 3. The molecule has 0 aromatic heterocycles. The third kappa shape index (κ3) is 3.16. The van der Waals surface area contributed by atoms with E-state index in [4.69, 9.17) is 10.00 Å². The molecule has 1 aliphatic carbocycles. The van der Waals surface area contributed by atoms with Gasteiger partial charge in [0, 0.05) is 6.54 Å². The Balaban J connectivity index is 1.55. The number of esters is 1. The number of carbonyl (C=O) groups is 3. The van der Waals surface area contributed by atoms with Crippen molar-refractivity contribution in [2.45, 2.75) is 32.1 Å². The molecule has 0 radical (unpaired) electrons. The summed E-state index contributed by atoms with van der Waals surface area (Å²) in [7, 11) is 0. The van der Waals surface area contributed by atoms with Gasteiger partial charge in [-0.15, -0.1) is 0 Å². The maximum Gasteiger partial charge on any atom is 0.312 e. The molecule has 2 atom stereocenters. The van der Waals surface area contributed by atoms with Crippen LogP contribution < -0.4 is 4.74 Å². The fraction of sp³-hybridized carbons (Fsp3) is 0.444. The molecular weight excluding hydrogens is 308 g/mol. The lowest BCUT2D eigenvalue weighted by atomic mass is 9.81. The summed E-state index contributed by atoms with van der Waals surface area (Å²) < 4.78 is 5.17. The van der Waals surface area contributed by atoms with Gasteiger partial charge in [-0.2, -0.15) is 5.26 Å². The van der Waals surface area contributed by atoms with Gasteiger partial charge >= 0.3 is 5.97 Å². The number of imide groups is 1. The molecule has 1 aliphatic heterocycles. The number of amides is 2. The van der Waals surface area contributed by atoms with E-state index in [2.05, 4.69) is 0 Å². The zero-order chi connectivity index (χ0) is 17.1. The van der Waals surface area contributed by atoms with E-state index in [1.807, 2.05) is 6.07 Å². The standard InChI is InChI=1S/C18H18N2O4/c19-11-12-5-7-13(8-6-12)24-16(21)9-10-20-17(22)14-3-1-2-4-15(14)18(20)23/h5-8,14-15H,1-4,9-10H2/t14-,15-/m1/s1. The average Bonchev–Trinajstić information content (AvgIpc) is 2.85. The third-order valence-electron chi connectivity index (χ3n) is 4.69. The monoisotopic (exact) mass is 326 g/mol. The fourth-order valence-electron chi connectivity index (χ4n) is 3.43. The summed E-state index contributed by atoms with van der Waals surface area (Å²) in [6.07, 6.45) is 3.46. The van der Waals surface area contributed by atoms with E-state index in [-0.39, 0.29) is 36.6 Å². The highest BCUT2D eigenvalue weighted by Crippen LogP contribution is 2.37. The Kier molecular flexibility index (Phi) is 4.61. The minimum atomic E-state index is -0.504. The summed E-state index contributed by atoms with van der Waals surface area (Å²) in [5.41, 5.74) is 0.477. The second-order valence-electron chi connectivity index (χ2n) is 6.19. The second-order valence-corrected chi connectivity index (χ2v) is 6.19. The van der Waals surface area contributed by atoms with Crippen LogP contribution in [0.2, 0.25) is 0 Å². The van der Waals surface area contributed by atoms with Crippen molar-refractivity contribution in [2.24, 2.45) is 11.8 Å². The van der Waals surface area contributed by atoms with E-state index in [0.29, 0.717) is 11.3 Å². The van der Waals surface area contributed by atoms with Gasteiger partial charge in [0.25, 0.3) is 0 Å². The molecule has 1 aromatic rings. The van der Waals surface area contributed by atoms with Gasteiger partial charge in [0.2, 0.25) is 11.8 Å². The van der Waals surface area contributed by atoms with Crippen LogP contribution in [-0.4, -0.2) is 29.2 Å². The van der Waals surface area contributed by atoms with Crippen molar-refractivity contribution >= 4 is 17.8 Å². The zero-order valence-corrected chi connectivity index (χ0v) is 13.2. The lowest BCUT2D eigenvalue weighted by Gasteiger charge is -2.19. The number of rotatable bonds is 4. The van der Waals surface area contributed by atoms with Crippen LogP contribution in [-0.2, 0) is 14.4 Å². The Morgan fingerprint density at radius 2 is 1.71 bits per heavy atom. The number of nitriles is 1. The number of hydrogen-bond donors (Lipinski definition) is 0. The smallest absolute Gasteiger partial charge is 0.312 e. The first-order valence-corrected chi connectivity index (χ1v) is 8.16. The maximum atomic E-state index is 12.3. The van der Waals surface area contributed by atoms with Crippen molar-refractivity contribution < 1.29 is 19.1 Å². The molecule has 0 spiro atoms. The van der Waals surface area contributed by atoms with E-state index in [1.54, 1.807) is 12.1 Å². The molecule has 2 aliphatic rings. The molecule has 2 amide bonds. The molecule has 124 valence electrons. The Morgan fingerprint density at radius 1 is 1.12 bits per heavy atom. The molecule has 0 N–H and O–H groups in total. The highest BCUT2D eigenvalue weighted by molar-refractivity contribution is 6.05. The Hall–Kier alpha value is -2.68. The normalized spacial score (nSPS) is 22.9. The lowest BCUT2D eigenvalue weighted by Crippen LogP contribution is -2.33. The second kappa shape index (κ2) is 6.83. The molecule has 0 unspecified atom stereocenters. The Morgan fingerprint density at radius 3 is 2.25 bits per heavy atom. The number of likely N-dealkylation sites (tertiary alicyclic amines) is 1. The number of ether oxygens (including phenoxy) is 1. The van der Waals surface area contributed by atoms with Gasteiger partial charge in [0.05, 0.1) is 29.9 Å². The SMILES string of the molecule is N#Cc1ccc(OC(=O)CCN2C(=O)[C@@H]3CCCC[C@H]3C2=O)cc1. The highest BCUT2D eigenvalue weighted by Gasteiger charge is 2.47. The highest BCUT2D eigenvalue weighted by atomic mass is 16.5. The topological polar surface area (TPSA) is 87.5 Å². The van der Waals surface area contributed by atoms with Gasteiger partial charge in [-0.1, -0.05) is 12.8 Å². The van der Waals surface area contributed by atoms with Crippen molar-refractivity contribution in [2.75, 3.05) is 6.54 Å². The van der Waals surface area contributed by atoms with Crippen LogP contribution in [0.4, 0.5) is 0 Å².